The Labute approximate surface area is 121 Å². The summed E-state index contributed by atoms with van der Waals surface area (Å²) in [6.07, 6.45) is 1.86. The lowest BCUT2D eigenvalue weighted by Gasteiger charge is -2.33. The summed E-state index contributed by atoms with van der Waals surface area (Å²) >= 11 is 0. The predicted molar refractivity (Wildman–Crippen MR) is 85.2 cm³/mol. The minimum Gasteiger partial charge on any atom is -0.371 e. The van der Waals surface area contributed by atoms with Gasteiger partial charge in [0.05, 0.1) is 5.52 Å². The zero-order valence-corrected chi connectivity index (χ0v) is 12.3. The molecule has 2 unspecified atom stereocenters. The van der Waals surface area contributed by atoms with E-state index in [0.29, 0.717) is 11.8 Å². The van der Waals surface area contributed by atoms with E-state index in [4.69, 9.17) is 0 Å². The number of nitrogens with zero attached hydrogens (tertiary/aromatic N) is 2. The second-order valence-corrected chi connectivity index (χ2v) is 6.15. The smallest absolute Gasteiger partial charge is 0.0703 e. The summed E-state index contributed by atoms with van der Waals surface area (Å²) in [6, 6.07) is 10.8. The van der Waals surface area contributed by atoms with E-state index in [1.54, 1.807) is 0 Å². The van der Waals surface area contributed by atoms with Gasteiger partial charge in [0.15, 0.2) is 0 Å². The molecule has 3 heteroatoms. The summed E-state index contributed by atoms with van der Waals surface area (Å²) < 4.78 is 0. The van der Waals surface area contributed by atoms with Crippen LogP contribution in [0.15, 0.2) is 36.5 Å². The van der Waals surface area contributed by atoms with Crippen molar-refractivity contribution in [3.63, 3.8) is 0 Å². The van der Waals surface area contributed by atoms with Gasteiger partial charge in [-0.15, -0.1) is 0 Å². The average Bonchev–Trinajstić information content (AvgIpc) is 2.44. The van der Waals surface area contributed by atoms with Crippen molar-refractivity contribution in [3.8, 4) is 0 Å². The molecule has 1 aliphatic rings. The maximum Gasteiger partial charge on any atom is 0.0703 e. The maximum atomic E-state index is 4.40. The topological polar surface area (TPSA) is 28.2 Å². The number of benzene rings is 1. The van der Waals surface area contributed by atoms with E-state index in [1.807, 2.05) is 12.3 Å². The molecular weight excluding hydrogens is 246 g/mol. The Morgan fingerprint density at radius 2 is 1.85 bits per heavy atom. The van der Waals surface area contributed by atoms with Gasteiger partial charge in [-0.2, -0.15) is 0 Å². The number of nitrogens with one attached hydrogen (secondary N) is 1. The highest BCUT2D eigenvalue weighted by molar-refractivity contribution is 5.82. The first kappa shape index (κ1) is 13.4. The fourth-order valence-corrected chi connectivity index (χ4v) is 3.00. The van der Waals surface area contributed by atoms with Crippen molar-refractivity contribution < 1.29 is 0 Å². The van der Waals surface area contributed by atoms with Crippen molar-refractivity contribution in [2.75, 3.05) is 31.1 Å². The fourth-order valence-electron chi connectivity index (χ4n) is 3.00. The molecule has 1 saturated heterocycles. The van der Waals surface area contributed by atoms with Gasteiger partial charge in [-0.25, -0.2) is 0 Å². The van der Waals surface area contributed by atoms with Gasteiger partial charge in [0.25, 0.3) is 0 Å². The van der Waals surface area contributed by atoms with Gasteiger partial charge in [0.1, 0.15) is 0 Å². The largest absolute Gasteiger partial charge is 0.371 e. The Hall–Kier alpha value is -1.61. The zero-order valence-electron chi connectivity index (χ0n) is 12.3. The van der Waals surface area contributed by atoms with Crippen LogP contribution in [0.3, 0.4) is 0 Å². The lowest BCUT2D eigenvalue weighted by Crippen LogP contribution is -2.42. The fraction of sp³-hybridized carbons (Fsp3) is 0.471. The van der Waals surface area contributed by atoms with Gasteiger partial charge >= 0.3 is 0 Å². The lowest BCUT2D eigenvalue weighted by atomic mass is 10.0. The highest BCUT2D eigenvalue weighted by atomic mass is 15.1. The number of pyridine rings is 1. The first-order valence-electron chi connectivity index (χ1n) is 7.53. The minimum absolute atomic E-state index is 0.673. The Morgan fingerprint density at radius 1 is 1.10 bits per heavy atom. The second-order valence-electron chi connectivity index (χ2n) is 6.15. The molecule has 0 spiro atoms. The van der Waals surface area contributed by atoms with E-state index in [0.717, 1.165) is 31.7 Å². The monoisotopic (exact) mass is 269 g/mol. The third kappa shape index (κ3) is 2.93. The number of fused-ring (bicyclic) bond motifs is 1. The molecular formula is C17H23N3. The summed E-state index contributed by atoms with van der Waals surface area (Å²) in [6.45, 7) is 9.08. The molecule has 0 radical (unpaired) electrons. The molecule has 3 rings (SSSR count). The molecule has 20 heavy (non-hydrogen) atoms. The molecule has 2 atom stereocenters. The van der Waals surface area contributed by atoms with Gasteiger partial charge in [0.2, 0.25) is 0 Å². The molecule has 3 nitrogen and oxygen atoms in total. The molecule has 1 aliphatic heterocycles. The Bertz CT molecular complexity index is 569. The molecule has 106 valence electrons. The third-order valence-electron chi connectivity index (χ3n) is 4.00. The number of rotatable bonds is 1. The second kappa shape index (κ2) is 5.80. The molecule has 0 amide bonds. The quantitative estimate of drug-likeness (QED) is 0.863. The van der Waals surface area contributed by atoms with Crippen molar-refractivity contribution in [1.82, 2.24) is 10.3 Å². The SMILES string of the molecule is CC1CNCC(C)CN(c2ccc3ncccc3c2)C1. The number of anilines is 1. The van der Waals surface area contributed by atoms with E-state index in [1.165, 1.54) is 11.1 Å². The summed E-state index contributed by atoms with van der Waals surface area (Å²) in [5.74, 6) is 1.35. The lowest BCUT2D eigenvalue weighted by molar-refractivity contribution is 0.410. The van der Waals surface area contributed by atoms with E-state index >= 15 is 0 Å². The molecule has 0 aliphatic carbocycles. The van der Waals surface area contributed by atoms with E-state index < -0.39 is 0 Å². The van der Waals surface area contributed by atoms with Crippen LogP contribution in [-0.4, -0.2) is 31.2 Å². The first-order valence-corrected chi connectivity index (χ1v) is 7.53. The van der Waals surface area contributed by atoms with Crippen LogP contribution in [0.2, 0.25) is 0 Å². The van der Waals surface area contributed by atoms with Crippen LogP contribution < -0.4 is 10.2 Å². The predicted octanol–water partition coefficient (Wildman–Crippen LogP) is 2.92. The van der Waals surface area contributed by atoms with Crippen LogP contribution >= 0.6 is 0 Å². The van der Waals surface area contributed by atoms with E-state index in [-0.39, 0.29) is 0 Å². The third-order valence-corrected chi connectivity index (χ3v) is 4.00. The van der Waals surface area contributed by atoms with Crippen molar-refractivity contribution in [1.29, 1.82) is 0 Å². The molecule has 2 aromatic rings. The zero-order chi connectivity index (χ0) is 13.9. The average molecular weight is 269 g/mol. The van der Waals surface area contributed by atoms with Gasteiger partial charge in [-0.3, -0.25) is 4.98 Å². The van der Waals surface area contributed by atoms with Crippen LogP contribution in [0.5, 0.6) is 0 Å². The Morgan fingerprint density at radius 3 is 2.60 bits per heavy atom. The van der Waals surface area contributed by atoms with Gasteiger partial charge < -0.3 is 10.2 Å². The van der Waals surface area contributed by atoms with Crippen LogP contribution in [0.4, 0.5) is 5.69 Å². The van der Waals surface area contributed by atoms with Gasteiger partial charge in [-0.1, -0.05) is 19.9 Å². The standard InChI is InChI=1S/C17H23N3/c1-13-9-18-10-14(2)12-20(11-13)16-5-6-17-15(8-16)4-3-7-19-17/h3-8,13-14,18H,9-12H2,1-2H3. The highest BCUT2D eigenvalue weighted by Gasteiger charge is 2.17. The molecule has 1 aromatic heterocycles. The number of aromatic nitrogens is 1. The Kier molecular flexibility index (Phi) is 3.88. The molecule has 1 fully saturated rings. The minimum atomic E-state index is 0.673. The molecule has 0 saturated carbocycles. The normalized spacial score (nSPS) is 24.4. The summed E-state index contributed by atoms with van der Waals surface area (Å²) in [5, 5.41) is 4.78. The molecule has 2 heterocycles. The maximum absolute atomic E-state index is 4.40. The molecule has 1 N–H and O–H groups in total. The van der Waals surface area contributed by atoms with E-state index in [9.17, 15) is 0 Å². The first-order chi connectivity index (χ1) is 9.72. The summed E-state index contributed by atoms with van der Waals surface area (Å²) in [7, 11) is 0. The van der Waals surface area contributed by atoms with Crippen LogP contribution in [-0.2, 0) is 0 Å². The number of hydrogen-bond acceptors (Lipinski definition) is 3. The van der Waals surface area contributed by atoms with Gasteiger partial charge in [-0.05, 0) is 49.2 Å². The molecule has 0 bridgehead atoms. The van der Waals surface area contributed by atoms with Crippen molar-refractivity contribution in [3.05, 3.63) is 36.5 Å². The summed E-state index contributed by atoms with van der Waals surface area (Å²) in [4.78, 5) is 6.93. The Balaban J connectivity index is 1.90. The summed E-state index contributed by atoms with van der Waals surface area (Å²) in [5.41, 5.74) is 2.40. The van der Waals surface area contributed by atoms with Crippen molar-refractivity contribution in [2.24, 2.45) is 11.8 Å². The van der Waals surface area contributed by atoms with Crippen LogP contribution in [0.25, 0.3) is 10.9 Å². The molecule has 1 aromatic carbocycles. The van der Waals surface area contributed by atoms with E-state index in [2.05, 4.69) is 53.3 Å². The van der Waals surface area contributed by atoms with Crippen LogP contribution in [0.1, 0.15) is 13.8 Å². The van der Waals surface area contributed by atoms with Crippen molar-refractivity contribution >= 4 is 16.6 Å². The number of hydrogen-bond donors (Lipinski definition) is 1. The van der Waals surface area contributed by atoms with Crippen LogP contribution in [0, 0.1) is 11.8 Å². The van der Waals surface area contributed by atoms with Gasteiger partial charge in [0, 0.05) is 30.4 Å². The van der Waals surface area contributed by atoms with Crippen molar-refractivity contribution in [2.45, 2.75) is 13.8 Å². The highest BCUT2D eigenvalue weighted by Crippen LogP contribution is 2.23.